The molecule has 2 atom stereocenters. The lowest BCUT2D eigenvalue weighted by molar-refractivity contribution is -0.124. The topological polar surface area (TPSA) is 90.9 Å². The fourth-order valence-electron chi connectivity index (χ4n) is 3.55. The number of nitrogens with zero attached hydrogens (tertiary/aromatic N) is 1. The first-order valence-corrected chi connectivity index (χ1v) is 11.8. The number of methoxy groups -OCH3 is 1. The predicted molar refractivity (Wildman–Crippen MR) is 125 cm³/mol. The molecule has 0 bridgehead atoms. The standard InChI is InChI=1S/C8H19N.C7H13NO2.C6H11NO2.CH3Cl/c1-6-9(7(2)3)8(4)5;1-10-5-6-3-2-4-7(9)8-6;8-4-5-2-1-3-6(9)7-5;1-2/h7-8H,6H2,1-5H3;6H,2-5H2,1H3,(H,8,9);5,8H,1-4H2,(H,7,9);1H3/t;6-;5-;/m.00./s1. The van der Waals surface area contributed by atoms with Crippen molar-refractivity contribution in [1.82, 2.24) is 15.5 Å². The van der Waals surface area contributed by atoms with E-state index >= 15 is 0 Å². The van der Waals surface area contributed by atoms with Gasteiger partial charge >= 0.3 is 0 Å². The number of aliphatic hydroxyl groups excluding tert-OH is 1. The van der Waals surface area contributed by atoms with E-state index in [1.54, 1.807) is 7.11 Å². The highest BCUT2D eigenvalue weighted by atomic mass is 35.5. The fraction of sp³-hybridized carbons (Fsp3) is 0.909. The number of amides is 2. The minimum Gasteiger partial charge on any atom is -0.394 e. The number of rotatable bonds is 6. The van der Waals surface area contributed by atoms with Gasteiger partial charge in [0.25, 0.3) is 0 Å². The zero-order valence-electron chi connectivity index (χ0n) is 20.2. The summed E-state index contributed by atoms with van der Waals surface area (Å²) >= 11 is 4.64. The van der Waals surface area contributed by atoms with Crippen LogP contribution in [0.15, 0.2) is 0 Å². The lowest BCUT2D eigenvalue weighted by atomic mass is 10.1. The summed E-state index contributed by atoms with van der Waals surface area (Å²) in [5, 5.41) is 14.1. The Bertz CT molecular complexity index is 427. The second kappa shape index (κ2) is 20.0. The molecule has 2 amide bonds. The van der Waals surface area contributed by atoms with E-state index in [0.717, 1.165) is 32.2 Å². The maximum Gasteiger partial charge on any atom is 0.220 e. The highest BCUT2D eigenvalue weighted by Gasteiger charge is 2.17. The Morgan fingerprint density at radius 3 is 1.70 bits per heavy atom. The van der Waals surface area contributed by atoms with Crippen molar-refractivity contribution in [3.05, 3.63) is 0 Å². The van der Waals surface area contributed by atoms with Gasteiger partial charge in [0, 0.05) is 38.4 Å². The van der Waals surface area contributed by atoms with Gasteiger partial charge < -0.3 is 20.5 Å². The fourth-order valence-corrected chi connectivity index (χ4v) is 3.55. The van der Waals surface area contributed by atoms with E-state index in [1.165, 1.54) is 6.38 Å². The Labute approximate surface area is 189 Å². The molecule has 8 heteroatoms. The molecule has 7 nitrogen and oxygen atoms in total. The summed E-state index contributed by atoms with van der Waals surface area (Å²) in [6, 6.07) is 1.66. The van der Waals surface area contributed by atoms with Gasteiger partial charge in [0.15, 0.2) is 0 Å². The van der Waals surface area contributed by atoms with Gasteiger partial charge in [0.2, 0.25) is 11.8 Å². The quantitative estimate of drug-likeness (QED) is 0.540. The average molecular weight is 452 g/mol. The molecule has 2 aliphatic heterocycles. The molecule has 0 aliphatic carbocycles. The third kappa shape index (κ3) is 15.9. The molecular weight excluding hydrogens is 406 g/mol. The normalized spacial score (nSPS) is 20.8. The van der Waals surface area contributed by atoms with Gasteiger partial charge in [0.1, 0.15) is 0 Å². The molecule has 2 saturated heterocycles. The first-order chi connectivity index (χ1) is 14.2. The number of ether oxygens (including phenoxy) is 1. The minimum absolute atomic E-state index is 0.0197. The van der Waals surface area contributed by atoms with Crippen LogP contribution in [0.1, 0.15) is 73.1 Å². The third-order valence-electron chi connectivity index (χ3n) is 4.92. The van der Waals surface area contributed by atoms with Gasteiger partial charge in [-0.2, -0.15) is 0 Å². The molecule has 0 spiro atoms. The van der Waals surface area contributed by atoms with Crippen molar-refractivity contribution >= 4 is 23.4 Å². The van der Waals surface area contributed by atoms with E-state index in [0.29, 0.717) is 31.5 Å². The van der Waals surface area contributed by atoms with E-state index in [9.17, 15) is 9.59 Å². The van der Waals surface area contributed by atoms with E-state index in [4.69, 9.17) is 9.84 Å². The molecule has 0 saturated carbocycles. The number of piperidine rings is 2. The first kappa shape index (κ1) is 31.3. The highest BCUT2D eigenvalue weighted by molar-refractivity contribution is 6.15. The summed E-state index contributed by atoms with van der Waals surface area (Å²) in [7, 11) is 1.65. The summed E-state index contributed by atoms with van der Waals surface area (Å²) in [4.78, 5) is 23.9. The molecule has 2 rings (SSSR count). The SMILES string of the molecule is CCN(C(C)C)C(C)C.CCl.COC[C@@H]1CCCC(=O)N1.O=C1CCC[C@@H](CO)N1. The summed E-state index contributed by atoms with van der Waals surface area (Å²) in [5.41, 5.74) is 0. The molecule has 0 aromatic rings. The van der Waals surface area contributed by atoms with Crippen LogP contribution < -0.4 is 10.6 Å². The second-order valence-corrected chi connectivity index (χ2v) is 7.97. The van der Waals surface area contributed by atoms with E-state index < -0.39 is 0 Å². The number of halogens is 1. The van der Waals surface area contributed by atoms with Gasteiger partial charge in [-0.3, -0.25) is 14.5 Å². The number of carbonyl (C=O) groups excluding carboxylic acids is 2. The van der Waals surface area contributed by atoms with Crippen molar-refractivity contribution in [2.24, 2.45) is 0 Å². The van der Waals surface area contributed by atoms with Crippen LogP contribution >= 0.6 is 11.6 Å². The maximum atomic E-state index is 10.8. The van der Waals surface area contributed by atoms with Crippen LogP contribution in [-0.4, -0.2) is 79.2 Å². The molecule has 2 fully saturated rings. The van der Waals surface area contributed by atoms with Crippen molar-refractivity contribution in [3.63, 3.8) is 0 Å². The molecule has 30 heavy (non-hydrogen) atoms. The smallest absolute Gasteiger partial charge is 0.220 e. The summed E-state index contributed by atoms with van der Waals surface area (Å²) < 4.78 is 4.91. The Kier molecular flexibility index (Phi) is 20.9. The van der Waals surface area contributed by atoms with Crippen molar-refractivity contribution in [2.45, 2.75) is 97.3 Å². The number of alkyl halides is 1. The monoisotopic (exact) mass is 451 g/mol. The van der Waals surface area contributed by atoms with Crippen LogP contribution in [-0.2, 0) is 14.3 Å². The number of hydrogen-bond acceptors (Lipinski definition) is 5. The van der Waals surface area contributed by atoms with E-state index in [-0.39, 0.29) is 30.5 Å². The van der Waals surface area contributed by atoms with Gasteiger partial charge in [-0.05, 0) is 59.9 Å². The summed E-state index contributed by atoms with van der Waals surface area (Å²) in [6.07, 6.45) is 6.66. The first-order valence-electron chi connectivity index (χ1n) is 11.1. The lowest BCUT2D eigenvalue weighted by Gasteiger charge is -2.28. The van der Waals surface area contributed by atoms with Crippen LogP contribution in [0.2, 0.25) is 0 Å². The molecule has 0 aromatic carbocycles. The van der Waals surface area contributed by atoms with Gasteiger partial charge in [0.05, 0.1) is 25.3 Å². The number of aliphatic hydroxyl groups is 1. The van der Waals surface area contributed by atoms with E-state index in [1.807, 2.05) is 0 Å². The van der Waals surface area contributed by atoms with Crippen LogP contribution in [0.3, 0.4) is 0 Å². The van der Waals surface area contributed by atoms with Crippen LogP contribution in [0.4, 0.5) is 0 Å². The Morgan fingerprint density at radius 2 is 1.43 bits per heavy atom. The minimum atomic E-state index is 0.0197. The molecular formula is C22H46ClN3O4. The van der Waals surface area contributed by atoms with Gasteiger partial charge in [-0.25, -0.2) is 0 Å². The third-order valence-corrected chi connectivity index (χ3v) is 4.92. The van der Waals surface area contributed by atoms with E-state index in [2.05, 4.69) is 61.8 Å². The number of hydrogen-bond donors (Lipinski definition) is 3. The van der Waals surface area contributed by atoms with Crippen molar-refractivity contribution in [1.29, 1.82) is 0 Å². The summed E-state index contributed by atoms with van der Waals surface area (Å²) in [6.45, 7) is 13.0. The number of carbonyl (C=O) groups is 2. The second-order valence-electron chi connectivity index (χ2n) is 7.97. The van der Waals surface area contributed by atoms with Crippen molar-refractivity contribution < 1.29 is 19.4 Å². The molecule has 0 radical (unpaired) electrons. The lowest BCUT2D eigenvalue weighted by Crippen LogP contribution is -2.41. The highest BCUT2D eigenvalue weighted by Crippen LogP contribution is 2.08. The maximum absolute atomic E-state index is 10.8. The Hall–Kier alpha value is -0.890. The zero-order chi connectivity index (χ0) is 23.5. The average Bonchev–Trinajstić information content (AvgIpc) is 2.71. The molecule has 0 aromatic heterocycles. The van der Waals surface area contributed by atoms with Crippen LogP contribution in [0, 0.1) is 0 Å². The largest absolute Gasteiger partial charge is 0.394 e. The summed E-state index contributed by atoms with van der Waals surface area (Å²) in [5.74, 6) is 0.230. The van der Waals surface area contributed by atoms with Gasteiger partial charge in [-0.15, -0.1) is 11.6 Å². The van der Waals surface area contributed by atoms with Crippen molar-refractivity contribution in [2.75, 3.05) is 33.3 Å². The molecule has 2 heterocycles. The molecule has 3 N–H and O–H groups in total. The Balaban J connectivity index is 0. The predicted octanol–water partition coefficient (Wildman–Crippen LogP) is 2.93. The molecule has 0 unspecified atom stereocenters. The zero-order valence-corrected chi connectivity index (χ0v) is 20.9. The number of nitrogens with one attached hydrogen (secondary N) is 2. The Morgan fingerprint density at radius 1 is 1.00 bits per heavy atom. The molecule has 180 valence electrons. The van der Waals surface area contributed by atoms with Gasteiger partial charge in [-0.1, -0.05) is 6.92 Å². The van der Waals surface area contributed by atoms with Crippen LogP contribution in [0.25, 0.3) is 0 Å². The van der Waals surface area contributed by atoms with Crippen molar-refractivity contribution in [3.8, 4) is 0 Å². The van der Waals surface area contributed by atoms with Crippen LogP contribution in [0.5, 0.6) is 0 Å². The molecule has 2 aliphatic rings.